The van der Waals surface area contributed by atoms with Gasteiger partial charge in [-0.05, 0) is 37.3 Å². The van der Waals surface area contributed by atoms with Crippen LogP contribution in [0.4, 0.5) is 5.69 Å². The van der Waals surface area contributed by atoms with Crippen molar-refractivity contribution < 1.29 is 14.3 Å². The Morgan fingerprint density at radius 3 is 2.88 bits per heavy atom. The highest BCUT2D eigenvalue weighted by Gasteiger charge is 2.18. The standard InChI is InChI=1S/C17H17ClN2O3S/c1-11(17(21)20-13-4-2-7-19-16(13)18)24-12-5-6-14-15(10-12)23-9-3-8-22-14/h2,4-7,10-11H,3,8-9H2,1H3,(H,20,21). The highest BCUT2D eigenvalue weighted by molar-refractivity contribution is 8.00. The Morgan fingerprint density at radius 1 is 1.29 bits per heavy atom. The lowest BCUT2D eigenvalue weighted by molar-refractivity contribution is -0.115. The molecule has 0 aliphatic carbocycles. The molecule has 2 heterocycles. The number of hydrogen-bond donors (Lipinski definition) is 1. The molecule has 1 aliphatic heterocycles. The minimum atomic E-state index is -0.300. The van der Waals surface area contributed by atoms with E-state index >= 15 is 0 Å². The molecule has 1 amide bonds. The molecule has 2 aromatic rings. The van der Waals surface area contributed by atoms with Gasteiger partial charge in [0.2, 0.25) is 5.91 Å². The maximum Gasteiger partial charge on any atom is 0.237 e. The summed E-state index contributed by atoms with van der Waals surface area (Å²) in [7, 11) is 0. The Bertz CT molecular complexity index is 742. The number of thioether (sulfide) groups is 1. The number of nitrogens with zero attached hydrogens (tertiary/aromatic N) is 1. The third-order valence-electron chi connectivity index (χ3n) is 3.42. The lowest BCUT2D eigenvalue weighted by Gasteiger charge is -2.14. The number of anilines is 1. The van der Waals surface area contributed by atoms with Crippen molar-refractivity contribution in [3.8, 4) is 11.5 Å². The van der Waals surface area contributed by atoms with Crippen LogP contribution in [0.3, 0.4) is 0 Å². The smallest absolute Gasteiger partial charge is 0.237 e. The number of carbonyl (C=O) groups excluding carboxylic acids is 1. The van der Waals surface area contributed by atoms with Gasteiger partial charge < -0.3 is 14.8 Å². The highest BCUT2D eigenvalue weighted by Crippen LogP contribution is 2.35. The predicted octanol–water partition coefficient (Wildman–Crippen LogP) is 4.02. The quantitative estimate of drug-likeness (QED) is 0.656. The Morgan fingerprint density at radius 2 is 2.08 bits per heavy atom. The molecule has 0 fully saturated rings. The monoisotopic (exact) mass is 364 g/mol. The van der Waals surface area contributed by atoms with Crippen LogP contribution >= 0.6 is 23.4 Å². The van der Waals surface area contributed by atoms with Crippen LogP contribution in [0.5, 0.6) is 11.5 Å². The molecule has 0 bridgehead atoms. The first-order valence-corrected chi connectivity index (χ1v) is 8.87. The third-order valence-corrected chi connectivity index (χ3v) is 4.81. The van der Waals surface area contributed by atoms with E-state index in [2.05, 4.69) is 10.3 Å². The Labute approximate surface area is 149 Å². The largest absolute Gasteiger partial charge is 0.490 e. The summed E-state index contributed by atoms with van der Waals surface area (Å²) in [6.45, 7) is 3.13. The Balaban J connectivity index is 1.66. The third kappa shape index (κ3) is 4.13. The van der Waals surface area contributed by atoms with E-state index in [0.717, 1.165) is 22.8 Å². The number of fused-ring (bicyclic) bond motifs is 1. The molecular weight excluding hydrogens is 348 g/mol. The minimum Gasteiger partial charge on any atom is -0.490 e. The van der Waals surface area contributed by atoms with Gasteiger partial charge in [0, 0.05) is 17.5 Å². The van der Waals surface area contributed by atoms with E-state index in [9.17, 15) is 4.79 Å². The number of nitrogens with one attached hydrogen (secondary N) is 1. The summed E-state index contributed by atoms with van der Waals surface area (Å²) in [6, 6.07) is 9.16. The number of ether oxygens (including phenoxy) is 2. The summed E-state index contributed by atoms with van der Waals surface area (Å²) < 4.78 is 11.3. The molecule has 0 saturated heterocycles. The van der Waals surface area contributed by atoms with E-state index in [4.69, 9.17) is 21.1 Å². The van der Waals surface area contributed by atoms with Crippen LogP contribution in [0.2, 0.25) is 5.15 Å². The highest BCUT2D eigenvalue weighted by atomic mass is 35.5. The molecule has 1 unspecified atom stereocenters. The zero-order valence-electron chi connectivity index (χ0n) is 13.1. The fourth-order valence-electron chi connectivity index (χ4n) is 2.19. The summed E-state index contributed by atoms with van der Waals surface area (Å²) in [6.07, 6.45) is 2.44. The summed E-state index contributed by atoms with van der Waals surface area (Å²) in [5.74, 6) is 1.33. The number of hydrogen-bond acceptors (Lipinski definition) is 5. The second-order valence-electron chi connectivity index (χ2n) is 5.25. The van der Waals surface area contributed by atoms with Crippen LogP contribution in [0.25, 0.3) is 0 Å². The molecule has 1 aromatic heterocycles. The van der Waals surface area contributed by atoms with Crippen molar-refractivity contribution in [1.82, 2.24) is 4.98 Å². The maximum atomic E-state index is 12.3. The minimum absolute atomic E-state index is 0.137. The average Bonchev–Trinajstić information content (AvgIpc) is 2.81. The van der Waals surface area contributed by atoms with Crippen molar-refractivity contribution in [2.45, 2.75) is 23.5 Å². The molecule has 0 spiro atoms. The number of amides is 1. The van der Waals surface area contributed by atoms with Crippen molar-refractivity contribution in [3.05, 3.63) is 41.7 Å². The van der Waals surface area contributed by atoms with E-state index in [1.807, 2.05) is 25.1 Å². The fourth-order valence-corrected chi connectivity index (χ4v) is 3.25. The molecule has 1 aromatic carbocycles. The van der Waals surface area contributed by atoms with Crippen LogP contribution in [-0.2, 0) is 4.79 Å². The number of benzene rings is 1. The van der Waals surface area contributed by atoms with E-state index in [0.29, 0.717) is 18.9 Å². The molecule has 1 N–H and O–H groups in total. The van der Waals surface area contributed by atoms with Crippen LogP contribution < -0.4 is 14.8 Å². The van der Waals surface area contributed by atoms with Gasteiger partial charge in [0.25, 0.3) is 0 Å². The molecular formula is C17H17ClN2O3S. The molecule has 5 nitrogen and oxygen atoms in total. The maximum absolute atomic E-state index is 12.3. The number of carbonyl (C=O) groups is 1. The van der Waals surface area contributed by atoms with Gasteiger partial charge in [-0.25, -0.2) is 4.98 Å². The lowest BCUT2D eigenvalue weighted by atomic mass is 10.3. The molecule has 0 radical (unpaired) electrons. The first-order valence-electron chi connectivity index (χ1n) is 7.61. The van der Waals surface area contributed by atoms with Gasteiger partial charge in [0.1, 0.15) is 0 Å². The van der Waals surface area contributed by atoms with Gasteiger partial charge in [0.05, 0.1) is 24.2 Å². The predicted molar refractivity (Wildman–Crippen MR) is 95.2 cm³/mol. The Kier molecular flexibility index (Phi) is 5.48. The van der Waals surface area contributed by atoms with Gasteiger partial charge in [-0.1, -0.05) is 11.6 Å². The summed E-state index contributed by atoms with van der Waals surface area (Å²) in [4.78, 5) is 17.2. The molecule has 24 heavy (non-hydrogen) atoms. The van der Waals surface area contributed by atoms with Crippen LogP contribution in [0, 0.1) is 0 Å². The summed E-state index contributed by atoms with van der Waals surface area (Å²) >= 11 is 7.41. The van der Waals surface area contributed by atoms with Crippen molar-refractivity contribution >= 4 is 35.0 Å². The zero-order valence-corrected chi connectivity index (χ0v) is 14.7. The van der Waals surface area contributed by atoms with Gasteiger partial charge in [-0.2, -0.15) is 0 Å². The first-order chi connectivity index (χ1) is 11.6. The number of pyridine rings is 1. The number of aromatic nitrogens is 1. The van der Waals surface area contributed by atoms with Crippen molar-refractivity contribution in [1.29, 1.82) is 0 Å². The van der Waals surface area contributed by atoms with Crippen molar-refractivity contribution in [2.75, 3.05) is 18.5 Å². The van der Waals surface area contributed by atoms with Crippen molar-refractivity contribution in [3.63, 3.8) is 0 Å². The van der Waals surface area contributed by atoms with E-state index in [1.165, 1.54) is 11.8 Å². The van der Waals surface area contributed by atoms with Gasteiger partial charge in [0.15, 0.2) is 16.7 Å². The van der Waals surface area contributed by atoms with Gasteiger partial charge >= 0.3 is 0 Å². The Hall–Kier alpha value is -1.92. The SMILES string of the molecule is CC(Sc1ccc2c(c1)OCCCO2)C(=O)Nc1cccnc1Cl. The summed E-state index contributed by atoms with van der Waals surface area (Å²) in [5.41, 5.74) is 0.510. The van der Waals surface area contributed by atoms with Gasteiger partial charge in [-0.15, -0.1) is 11.8 Å². The molecule has 126 valence electrons. The lowest BCUT2D eigenvalue weighted by Crippen LogP contribution is -2.22. The molecule has 3 rings (SSSR count). The van der Waals surface area contributed by atoms with Gasteiger partial charge in [-0.3, -0.25) is 4.79 Å². The van der Waals surface area contributed by atoms with Crippen molar-refractivity contribution in [2.24, 2.45) is 0 Å². The molecule has 1 atom stereocenters. The topological polar surface area (TPSA) is 60.5 Å². The molecule has 1 aliphatic rings. The average molecular weight is 365 g/mol. The second kappa shape index (κ2) is 7.77. The van der Waals surface area contributed by atoms with Crippen LogP contribution in [0.15, 0.2) is 41.4 Å². The normalized spacial score (nSPS) is 14.6. The van der Waals surface area contributed by atoms with E-state index in [1.54, 1.807) is 18.3 Å². The van der Waals surface area contributed by atoms with E-state index in [-0.39, 0.29) is 16.3 Å². The fraction of sp³-hybridized carbons (Fsp3) is 0.294. The first kappa shape index (κ1) is 16.9. The number of halogens is 1. The summed E-state index contributed by atoms with van der Waals surface area (Å²) in [5, 5.41) is 2.77. The van der Waals surface area contributed by atoms with E-state index < -0.39 is 0 Å². The molecule has 0 saturated carbocycles. The van der Waals surface area contributed by atoms with Crippen LogP contribution in [-0.4, -0.2) is 29.4 Å². The molecule has 7 heteroatoms. The second-order valence-corrected chi connectivity index (χ2v) is 7.02. The zero-order chi connectivity index (χ0) is 16.9. The van der Waals surface area contributed by atoms with Crippen LogP contribution in [0.1, 0.15) is 13.3 Å². The number of rotatable bonds is 4.